The Morgan fingerprint density at radius 1 is 1.05 bits per heavy atom. The van der Waals surface area contributed by atoms with E-state index in [0.29, 0.717) is 24.1 Å². The van der Waals surface area contributed by atoms with Crippen molar-refractivity contribution in [2.75, 3.05) is 17.7 Å². The highest BCUT2D eigenvalue weighted by Gasteiger charge is 2.12. The number of aromatic nitrogens is 2. The second kappa shape index (κ2) is 5.77. The molecule has 0 unspecified atom stereocenters. The van der Waals surface area contributed by atoms with E-state index in [1.165, 1.54) is 6.07 Å². The van der Waals surface area contributed by atoms with E-state index in [1.54, 1.807) is 7.05 Å². The van der Waals surface area contributed by atoms with Crippen LogP contribution in [0.15, 0.2) is 18.2 Å². The van der Waals surface area contributed by atoms with Crippen molar-refractivity contribution in [3.63, 3.8) is 0 Å². The normalized spacial score (nSPS) is 10.4. The molecule has 0 amide bonds. The van der Waals surface area contributed by atoms with Crippen LogP contribution < -0.4 is 10.6 Å². The van der Waals surface area contributed by atoms with E-state index in [4.69, 9.17) is 0 Å². The Morgan fingerprint density at radius 3 is 2.40 bits per heavy atom. The molecule has 1 heterocycles. The summed E-state index contributed by atoms with van der Waals surface area (Å²) in [6, 6.07) is 2.86. The molecule has 1 aromatic carbocycles. The second-order valence-electron chi connectivity index (χ2n) is 4.03. The fraction of sp³-hybridized carbons (Fsp3) is 0.231. The summed E-state index contributed by atoms with van der Waals surface area (Å²) >= 11 is 0. The predicted molar refractivity (Wildman–Crippen MR) is 70.6 cm³/mol. The highest BCUT2D eigenvalue weighted by Crippen LogP contribution is 2.23. The van der Waals surface area contributed by atoms with Gasteiger partial charge in [0.15, 0.2) is 11.6 Å². The van der Waals surface area contributed by atoms with Gasteiger partial charge in [-0.1, -0.05) is 6.92 Å². The molecule has 0 spiro atoms. The maximum absolute atomic E-state index is 13.6. The summed E-state index contributed by atoms with van der Waals surface area (Å²) in [5.74, 6) is -1.98. The Labute approximate surface area is 114 Å². The van der Waals surface area contributed by atoms with Crippen LogP contribution in [-0.4, -0.2) is 17.0 Å². The van der Waals surface area contributed by atoms with Crippen LogP contribution in [0.1, 0.15) is 12.7 Å². The van der Waals surface area contributed by atoms with Gasteiger partial charge in [0.25, 0.3) is 0 Å². The van der Waals surface area contributed by atoms with Gasteiger partial charge in [0.2, 0.25) is 0 Å². The van der Waals surface area contributed by atoms with Crippen molar-refractivity contribution in [3.05, 3.63) is 41.5 Å². The van der Waals surface area contributed by atoms with Crippen molar-refractivity contribution < 1.29 is 13.2 Å². The molecule has 0 atom stereocenters. The molecule has 0 bridgehead atoms. The van der Waals surface area contributed by atoms with Crippen LogP contribution >= 0.6 is 0 Å². The van der Waals surface area contributed by atoms with Crippen molar-refractivity contribution in [2.45, 2.75) is 13.3 Å². The zero-order chi connectivity index (χ0) is 14.7. The smallest absolute Gasteiger partial charge is 0.182 e. The molecule has 0 radical (unpaired) electrons. The van der Waals surface area contributed by atoms with Gasteiger partial charge in [0.05, 0.1) is 5.69 Å². The number of rotatable bonds is 4. The fourth-order valence-electron chi connectivity index (χ4n) is 1.63. The number of halogens is 3. The van der Waals surface area contributed by atoms with E-state index < -0.39 is 17.5 Å². The molecule has 0 fully saturated rings. The Kier molecular flexibility index (Phi) is 4.07. The summed E-state index contributed by atoms with van der Waals surface area (Å²) in [6.07, 6.45) is 0.574. The van der Waals surface area contributed by atoms with Gasteiger partial charge in [-0.3, -0.25) is 0 Å². The van der Waals surface area contributed by atoms with Crippen LogP contribution in [0.5, 0.6) is 0 Å². The number of anilines is 3. The molecule has 106 valence electrons. The topological polar surface area (TPSA) is 49.8 Å². The molecule has 0 aliphatic carbocycles. The van der Waals surface area contributed by atoms with Gasteiger partial charge >= 0.3 is 0 Å². The van der Waals surface area contributed by atoms with Gasteiger partial charge < -0.3 is 10.6 Å². The summed E-state index contributed by atoms with van der Waals surface area (Å²) in [7, 11) is 1.67. The number of hydrogen-bond acceptors (Lipinski definition) is 4. The first-order valence-corrected chi connectivity index (χ1v) is 6.00. The number of hydrogen-bond donors (Lipinski definition) is 2. The third-order valence-corrected chi connectivity index (χ3v) is 2.60. The van der Waals surface area contributed by atoms with Crippen molar-refractivity contribution >= 4 is 17.3 Å². The van der Waals surface area contributed by atoms with Crippen LogP contribution in [0.4, 0.5) is 30.5 Å². The number of benzene rings is 1. The second-order valence-corrected chi connectivity index (χ2v) is 4.03. The number of nitrogens with zero attached hydrogens (tertiary/aromatic N) is 2. The van der Waals surface area contributed by atoms with Crippen molar-refractivity contribution in [1.82, 2.24) is 9.97 Å². The molecule has 2 N–H and O–H groups in total. The molecule has 1 aromatic heterocycles. The maximum atomic E-state index is 13.6. The first-order chi connectivity index (χ1) is 9.53. The van der Waals surface area contributed by atoms with Crippen LogP contribution in [0.25, 0.3) is 0 Å². The summed E-state index contributed by atoms with van der Waals surface area (Å²) < 4.78 is 39.8. The summed E-state index contributed by atoms with van der Waals surface area (Å²) in [5, 5.41) is 5.39. The van der Waals surface area contributed by atoms with Gasteiger partial charge in [-0.2, -0.15) is 0 Å². The fourth-order valence-corrected chi connectivity index (χ4v) is 1.63. The van der Waals surface area contributed by atoms with Gasteiger partial charge in [0.1, 0.15) is 23.3 Å². The molecular weight excluding hydrogens is 269 g/mol. The van der Waals surface area contributed by atoms with E-state index in [0.717, 1.165) is 6.07 Å². The minimum atomic E-state index is -1.26. The highest BCUT2D eigenvalue weighted by molar-refractivity contribution is 5.60. The molecule has 2 aromatic rings. The van der Waals surface area contributed by atoms with Crippen LogP contribution in [0, 0.1) is 17.5 Å². The quantitative estimate of drug-likeness (QED) is 0.845. The van der Waals surface area contributed by atoms with Gasteiger partial charge in [-0.15, -0.1) is 0 Å². The minimum absolute atomic E-state index is 0.255. The third kappa shape index (κ3) is 2.98. The van der Waals surface area contributed by atoms with Crippen molar-refractivity contribution in [1.29, 1.82) is 0 Å². The maximum Gasteiger partial charge on any atom is 0.182 e. The lowest BCUT2D eigenvalue weighted by Gasteiger charge is -2.10. The SMILES string of the molecule is CCc1nc(NC)cc(Nc2cc(F)cc(F)c2F)n1. The number of aryl methyl sites for hydroxylation is 1. The molecule has 0 aliphatic rings. The van der Waals surface area contributed by atoms with Gasteiger partial charge in [-0.05, 0) is 0 Å². The first kappa shape index (κ1) is 14.1. The third-order valence-electron chi connectivity index (χ3n) is 2.60. The largest absolute Gasteiger partial charge is 0.373 e. The predicted octanol–water partition coefficient (Wildman–Crippen LogP) is 3.24. The molecule has 7 heteroatoms. The lowest BCUT2D eigenvalue weighted by Crippen LogP contribution is -2.05. The van der Waals surface area contributed by atoms with Crippen LogP contribution in [0.2, 0.25) is 0 Å². The van der Waals surface area contributed by atoms with E-state index in [2.05, 4.69) is 20.6 Å². The van der Waals surface area contributed by atoms with E-state index >= 15 is 0 Å². The van der Waals surface area contributed by atoms with Gasteiger partial charge in [-0.25, -0.2) is 23.1 Å². The Morgan fingerprint density at radius 2 is 1.75 bits per heavy atom. The van der Waals surface area contributed by atoms with E-state index in [9.17, 15) is 13.2 Å². The molecule has 0 saturated heterocycles. The summed E-state index contributed by atoms with van der Waals surface area (Å²) in [5.41, 5.74) is -0.315. The Bertz CT molecular complexity index is 609. The number of nitrogens with one attached hydrogen (secondary N) is 2. The molecular formula is C13H13F3N4. The van der Waals surface area contributed by atoms with Gasteiger partial charge in [0, 0.05) is 31.7 Å². The standard InChI is InChI=1S/C13H13F3N4/c1-3-10-19-11(17-2)6-12(20-10)18-9-5-7(14)4-8(15)13(9)16/h4-6H,3H2,1-2H3,(H2,17,18,19,20). The average Bonchev–Trinajstić information content (AvgIpc) is 2.43. The van der Waals surface area contributed by atoms with Crippen LogP contribution in [-0.2, 0) is 6.42 Å². The molecule has 2 rings (SSSR count). The lowest BCUT2D eigenvalue weighted by atomic mass is 10.2. The van der Waals surface area contributed by atoms with Crippen LogP contribution in [0.3, 0.4) is 0 Å². The molecule has 4 nitrogen and oxygen atoms in total. The van der Waals surface area contributed by atoms with Crippen molar-refractivity contribution in [2.24, 2.45) is 0 Å². The molecule has 20 heavy (non-hydrogen) atoms. The Hall–Kier alpha value is -2.31. The van der Waals surface area contributed by atoms with Crippen molar-refractivity contribution in [3.8, 4) is 0 Å². The summed E-state index contributed by atoms with van der Waals surface area (Å²) in [6.45, 7) is 1.86. The zero-order valence-corrected chi connectivity index (χ0v) is 11.0. The highest BCUT2D eigenvalue weighted by atomic mass is 19.2. The zero-order valence-electron chi connectivity index (χ0n) is 11.0. The molecule has 0 aliphatic heterocycles. The summed E-state index contributed by atoms with van der Waals surface area (Å²) in [4.78, 5) is 8.29. The Balaban J connectivity index is 2.39. The van der Waals surface area contributed by atoms with E-state index in [1.807, 2.05) is 6.92 Å². The first-order valence-electron chi connectivity index (χ1n) is 6.00. The van der Waals surface area contributed by atoms with E-state index in [-0.39, 0.29) is 11.5 Å². The molecule has 0 saturated carbocycles. The minimum Gasteiger partial charge on any atom is -0.373 e. The average molecular weight is 282 g/mol. The monoisotopic (exact) mass is 282 g/mol. The lowest BCUT2D eigenvalue weighted by molar-refractivity contribution is 0.498.